The van der Waals surface area contributed by atoms with Gasteiger partial charge in [-0.3, -0.25) is 14.6 Å². The van der Waals surface area contributed by atoms with E-state index in [9.17, 15) is 18.0 Å². The maximum Gasteiger partial charge on any atom is 0.245 e. The number of hydrogen-bond acceptors (Lipinski definition) is 6. The number of guanidine groups is 1. The Morgan fingerprint density at radius 1 is 1.09 bits per heavy atom. The van der Waals surface area contributed by atoms with E-state index in [2.05, 4.69) is 31.0 Å². The van der Waals surface area contributed by atoms with Gasteiger partial charge in [-0.05, 0) is 36.6 Å². The Balaban J connectivity index is 2.28. The van der Waals surface area contributed by atoms with Crippen LogP contribution in [-0.4, -0.2) is 51.9 Å². The minimum absolute atomic E-state index is 0.0506. The summed E-state index contributed by atoms with van der Waals surface area (Å²) in [5.41, 5.74) is 16.9. The van der Waals surface area contributed by atoms with Crippen LogP contribution in [-0.2, 0) is 26.0 Å². The van der Waals surface area contributed by atoms with Crippen molar-refractivity contribution in [2.45, 2.75) is 36.2 Å². The highest BCUT2D eigenvalue weighted by Crippen LogP contribution is 2.27. The number of carbonyl (C=O) groups excluding carboxylic acids is 2. The number of primary amides is 1. The number of ether oxygens (including phenoxy) is 1. The molecule has 35 heavy (non-hydrogen) atoms. The monoisotopic (exact) mass is 568 g/mol. The maximum atomic E-state index is 13.2. The van der Waals surface area contributed by atoms with E-state index in [4.69, 9.17) is 21.9 Å². The Kier molecular flexibility index (Phi) is 10.5. The minimum atomic E-state index is -4.21. The number of nitrogens with one attached hydrogen (secondary N) is 2. The highest BCUT2D eigenvalue weighted by atomic mass is 79.9. The summed E-state index contributed by atoms with van der Waals surface area (Å²) in [6.45, 7) is 0.178. The van der Waals surface area contributed by atoms with Crippen LogP contribution in [0.3, 0.4) is 0 Å². The van der Waals surface area contributed by atoms with Gasteiger partial charge in [-0.1, -0.05) is 46.3 Å². The second kappa shape index (κ2) is 13.1. The lowest BCUT2D eigenvalue weighted by molar-refractivity contribution is -0.128. The average Bonchev–Trinajstić information content (AvgIpc) is 2.80. The van der Waals surface area contributed by atoms with E-state index in [1.165, 1.54) is 19.2 Å². The Morgan fingerprint density at radius 3 is 2.37 bits per heavy atom. The zero-order valence-corrected chi connectivity index (χ0v) is 21.5. The van der Waals surface area contributed by atoms with Crippen LogP contribution in [0.25, 0.3) is 0 Å². The fourth-order valence-corrected chi connectivity index (χ4v) is 5.14. The molecule has 2 amide bonds. The molecule has 2 aromatic carbocycles. The molecule has 11 nitrogen and oxygen atoms in total. The first-order valence-electron chi connectivity index (χ1n) is 10.6. The standard InChI is InChI=1S/C22H29BrN6O5S/c1-34-18-10-9-15(23)13-19(18)35(32,33)29-16(8-5-11-27-22(25)26)21(31)28-17(20(24)30)12-14-6-3-2-4-7-14/h2-4,6-7,9-10,13,16-17,29H,5,8,11-12H2,1H3,(H2,24,30)(H,28,31)(H4,25,26,27)/t16-,17-/m0/s1. The normalized spacial score (nSPS) is 12.9. The van der Waals surface area contributed by atoms with Gasteiger partial charge < -0.3 is 27.3 Å². The molecule has 0 saturated carbocycles. The van der Waals surface area contributed by atoms with Crippen molar-refractivity contribution in [3.05, 3.63) is 58.6 Å². The highest BCUT2D eigenvalue weighted by Gasteiger charge is 2.30. The predicted octanol–water partition coefficient (Wildman–Crippen LogP) is 0.371. The number of nitrogens with zero attached hydrogens (tertiary/aromatic N) is 1. The second-order valence-electron chi connectivity index (χ2n) is 7.57. The molecular formula is C22H29BrN6O5S. The molecule has 0 aliphatic heterocycles. The number of rotatable bonds is 13. The van der Waals surface area contributed by atoms with Gasteiger partial charge in [-0.2, -0.15) is 4.72 Å². The Labute approximate surface area is 212 Å². The molecule has 0 aliphatic rings. The molecule has 2 rings (SSSR count). The van der Waals surface area contributed by atoms with Crippen LogP contribution >= 0.6 is 15.9 Å². The van der Waals surface area contributed by atoms with Crippen LogP contribution in [0.4, 0.5) is 0 Å². The van der Waals surface area contributed by atoms with Gasteiger partial charge >= 0.3 is 0 Å². The van der Waals surface area contributed by atoms with Gasteiger partial charge in [-0.15, -0.1) is 0 Å². The van der Waals surface area contributed by atoms with Gasteiger partial charge in [0.1, 0.15) is 22.7 Å². The molecule has 0 bridgehead atoms. The molecule has 0 unspecified atom stereocenters. The van der Waals surface area contributed by atoms with Crippen molar-refractivity contribution >= 4 is 43.7 Å². The van der Waals surface area contributed by atoms with E-state index < -0.39 is 33.9 Å². The summed E-state index contributed by atoms with van der Waals surface area (Å²) in [7, 11) is -2.87. The van der Waals surface area contributed by atoms with Gasteiger partial charge in [0, 0.05) is 17.4 Å². The lowest BCUT2D eigenvalue weighted by Gasteiger charge is -2.22. The van der Waals surface area contributed by atoms with Crippen LogP contribution in [0, 0.1) is 0 Å². The molecule has 2 aromatic rings. The molecule has 8 N–H and O–H groups in total. The topological polar surface area (TPSA) is 192 Å². The van der Waals surface area contributed by atoms with Crippen molar-refractivity contribution in [2.75, 3.05) is 13.7 Å². The van der Waals surface area contributed by atoms with Crippen LogP contribution in [0.2, 0.25) is 0 Å². The summed E-state index contributed by atoms with van der Waals surface area (Å²) in [6.07, 6.45) is 0.484. The first-order valence-corrected chi connectivity index (χ1v) is 12.9. The lowest BCUT2D eigenvalue weighted by atomic mass is 10.0. The first-order chi connectivity index (χ1) is 16.5. The summed E-state index contributed by atoms with van der Waals surface area (Å²) in [6, 6.07) is 11.2. The van der Waals surface area contributed by atoms with Gasteiger partial charge in [0.2, 0.25) is 21.8 Å². The van der Waals surface area contributed by atoms with Crippen LogP contribution < -0.4 is 32.0 Å². The molecule has 13 heteroatoms. The molecule has 0 saturated heterocycles. The molecule has 0 aromatic heterocycles. The Hall–Kier alpha value is -3.16. The highest BCUT2D eigenvalue weighted by molar-refractivity contribution is 9.10. The number of aliphatic imine (C=N–C) groups is 1. The number of amides is 2. The van der Waals surface area contributed by atoms with Crippen molar-refractivity contribution in [1.29, 1.82) is 0 Å². The number of methoxy groups -OCH3 is 1. The second-order valence-corrected chi connectivity index (χ2v) is 10.2. The molecule has 0 radical (unpaired) electrons. The summed E-state index contributed by atoms with van der Waals surface area (Å²) < 4.78 is 34.4. The number of halogens is 1. The fourth-order valence-electron chi connectivity index (χ4n) is 3.20. The third-order valence-electron chi connectivity index (χ3n) is 4.92. The maximum absolute atomic E-state index is 13.2. The molecule has 2 atom stereocenters. The Morgan fingerprint density at radius 2 is 1.77 bits per heavy atom. The molecule has 0 spiro atoms. The minimum Gasteiger partial charge on any atom is -0.495 e. The number of carbonyl (C=O) groups is 2. The fraction of sp³-hybridized carbons (Fsp3) is 0.318. The van der Waals surface area contributed by atoms with E-state index in [1.54, 1.807) is 30.3 Å². The molecule has 0 aliphatic carbocycles. The predicted molar refractivity (Wildman–Crippen MR) is 136 cm³/mol. The first kappa shape index (κ1) is 28.1. The smallest absolute Gasteiger partial charge is 0.245 e. The lowest BCUT2D eigenvalue weighted by Crippen LogP contribution is -2.53. The summed E-state index contributed by atoms with van der Waals surface area (Å²) in [5.74, 6) is -1.49. The summed E-state index contributed by atoms with van der Waals surface area (Å²) in [5, 5.41) is 2.56. The van der Waals surface area contributed by atoms with Crippen LogP contribution in [0.1, 0.15) is 18.4 Å². The molecule has 0 fully saturated rings. The number of sulfonamides is 1. The van der Waals surface area contributed by atoms with Crippen molar-refractivity contribution in [3.63, 3.8) is 0 Å². The summed E-state index contributed by atoms with van der Waals surface area (Å²) >= 11 is 3.24. The van der Waals surface area contributed by atoms with E-state index in [-0.39, 0.29) is 42.4 Å². The van der Waals surface area contributed by atoms with Crippen molar-refractivity contribution < 1.29 is 22.7 Å². The van der Waals surface area contributed by atoms with E-state index in [0.717, 1.165) is 5.56 Å². The van der Waals surface area contributed by atoms with Gasteiger partial charge in [0.15, 0.2) is 5.96 Å². The zero-order chi connectivity index (χ0) is 26.0. The van der Waals surface area contributed by atoms with Crippen molar-refractivity contribution in [2.24, 2.45) is 22.2 Å². The summed E-state index contributed by atoms with van der Waals surface area (Å²) in [4.78, 5) is 28.9. The van der Waals surface area contributed by atoms with Crippen molar-refractivity contribution in [3.8, 4) is 5.75 Å². The number of benzene rings is 2. The number of nitrogens with two attached hydrogens (primary N) is 3. The SMILES string of the molecule is COc1ccc(Br)cc1S(=O)(=O)N[C@@H](CCCN=C(N)N)C(=O)N[C@@H](Cc1ccccc1)C(N)=O. The van der Waals surface area contributed by atoms with Crippen LogP contribution in [0.15, 0.2) is 62.9 Å². The quantitative estimate of drug-likeness (QED) is 0.131. The molecule has 0 heterocycles. The third kappa shape index (κ3) is 8.85. The largest absolute Gasteiger partial charge is 0.495 e. The van der Waals surface area contributed by atoms with E-state index in [0.29, 0.717) is 4.47 Å². The van der Waals surface area contributed by atoms with Gasteiger partial charge in [0.25, 0.3) is 0 Å². The van der Waals surface area contributed by atoms with Crippen LogP contribution in [0.5, 0.6) is 5.75 Å². The van der Waals surface area contributed by atoms with E-state index >= 15 is 0 Å². The average molecular weight is 569 g/mol. The number of hydrogen-bond donors (Lipinski definition) is 5. The Bertz CT molecular complexity index is 1160. The van der Waals surface area contributed by atoms with E-state index in [1.807, 2.05) is 6.07 Å². The third-order valence-corrected chi connectivity index (χ3v) is 6.90. The van der Waals surface area contributed by atoms with Gasteiger partial charge in [0.05, 0.1) is 7.11 Å². The molecular weight excluding hydrogens is 540 g/mol. The molecule has 190 valence electrons. The van der Waals surface area contributed by atoms with Crippen molar-refractivity contribution in [1.82, 2.24) is 10.0 Å². The van der Waals surface area contributed by atoms with Gasteiger partial charge in [-0.25, -0.2) is 8.42 Å². The zero-order valence-electron chi connectivity index (χ0n) is 19.1.